The quantitative estimate of drug-likeness (QED) is 0.748. The minimum Gasteiger partial charge on any atom is -0.394 e. The predicted octanol–water partition coefficient (Wildman–Crippen LogP) is 2.00. The van der Waals surface area contributed by atoms with Crippen molar-refractivity contribution in [1.29, 1.82) is 0 Å². The zero-order valence-electron chi connectivity index (χ0n) is 11.8. The van der Waals surface area contributed by atoms with Gasteiger partial charge >= 0.3 is 0 Å². The lowest BCUT2D eigenvalue weighted by Gasteiger charge is -2.36. The van der Waals surface area contributed by atoms with Crippen LogP contribution in [0.3, 0.4) is 0 Å². The predicted molar refractivity (Wildman–Crippen MR) is 73.3 cm³/mol. The monoisotopic (exact) mass is 242 g/mol. The Kier molecular flexibility index (Phi) is 6.45. The van der Waals surface area contributed by atoms with E-state index in [0.29, 0.717) is 6.04 Å². The van der Waals surface area contributed by atoms with Crippen molar-refractivity contribution in [2.45, 2.75) is 64.5 Å². The average Bonchev–Trinajstić information content (AvgIpc) is 2.57. The van der Waals surface area contributed by atoms with Crippen LogP contribution in [0.2, 0.25) is 0 Å². The van der Waals surface area contributed by atoms with E-state index in [1.54, 1.807) is 0 Å². The highest BCUT2D eigenvalue weighted by molar-refractivity contribution is 4.87. The van der Waals surface area contributed by atoms with Gasteiger partial charge in [-0.15, -0.1) is 0 Å². The summed E-state index contributed by atoms with van der Waals surface area (Å²) in [6, 6.07) is 0.560. The van der Waals surface area contributed by atoms with Crippen molar-refractivity contribution < 1.29 is 5.11 Å². The molecule has 0 radical (unpaired) electrons. The average molecular weight is 242 g/mol. The van der Waals surface area contributed by atoms with Crippen molar-refractivity contribution in [1.82, 2.24) is 10.2 Å². The van der Waals surface area contributed by atoms with Crippen molar-refractivity contribution in [3.05, 3.63) is 0 Å². The van der Waals surface area contributed by atoms with E-state index >= 15 is 0 Å². The summed E-state index contributed by atoms with van der Waals surface area (Å²) in [7, 11) is 0. The van der Waals surface area contributed by atoms with E-state index in [4.69, 9.17) is 0 Å². The van der Waals surface area contributed by atoms with Crippen LogP contribution < -0.4 is 5.32 Å². The molecule has 1 rings (SSSR count). The number of likely N-dealkylation sites (N-methyl/N-ethyl adjacent to an activating group) is 1. The molecule has 1 heterocycles. The molecule has 0 amide bonds. The summed E-state index contributed by atoms with van der Waals surface area (Å²) >= 11 is 0. The molecule has 0 aromatic rings. The molecule has 3 nitrogen and oxygen atoms in total. The van der Waals surface area contributed by atoms with Gasteiger partial charge in [-0.25, -0.2) is 0 Å². The molecule has 17 heavy (non-hydrogen) atoms. The van der Waals surface area contributed by atoms with Gasteiger partial charge in [0.2, 0.25) is 0 Å². The first-order valence-corrected chi connectivity index (χ1v) is 7.21. The Bertz CT molecular complexity index is 202. The zero-order valence-corrected chi connectivity index (χ0v) is 11.8. The van der Waals surface area contributed by atoms with E-state index in [0.717, 1.165) is 13.0 Å². The minimum atomic E-state index is -0.125. The molecule has 0 bridgehead atoms. The Hall–Kier alpha value is -0.120. The Morgan fingerprint density at radius 3 is 2.29 bits per heavy atom. The minimum absolute atomic E-state index is 0.125. The van der Waals surface area contributed by atoms with Gasteiger partial charge in [0, 0.05) is 11.6 Å². The molecule has 1 aliphatic rings. The molecule has 3 heteroatoms. The van der Waals surface area contributed by atoms with Crippen LogP contribution >= 0.6 is 0 Å². The van der Waals surface area contributed by atoms with E-state index in [-0.39, 0.29) is 12.1 Å². The third-order valence-corrected chi connectivity index (χ3v) is 3.96. The van der Waals surface area contributed by atoms with Crippen LogP contribution in [0.1, 0.15) is 52.9 Å². The summed E-state index contributed by atoms with van der Waals surface area (Å²) in [4.78, 5) is 2.60. The number of nitrogens with one attached hydrogen (secondary N) is 1. The Balaban J connectivity index is 2.47. The third-order valence-electron chi connectivity index (χ3n) is 3.96. The van der Waals surface area contributed by atoms with Crippen molar-refractivity contribution >= 4 is 0 Å². The molecular formula is C14H30N2O. The summed E-state index contributed by atoms with van der Waals surface area (Å²) in [5.41, 5.74) is -0.125. The zero-order chi connectivity index (χ0) is 12.7. The van der Waals surface area contributed by atoms with Gasteiger partial charge in [-0.3, -0.25) is 0 Å². The Labute approximate surface area is 107 Å². The molecule has 2 atom stereocenters. The van der Waals surface area contributed by atoms with Gasteiger partial charge in [-0.05, 0) is 52.7 Å². The fourth-order valence-corrected chi connectivity index (χ4v) is 2.94. The van der Waals surface area contributed by atoms with Crippen LogP contribution in [0.15, 0.2) is 0 Å². The number of hydrogen-bond donors (Lipinski definition) is 2. The van der Waals surface area contributed by atoms with Gasteiger partial charge in [0.1, 0.15) is 0 Å². The Morgan fingerprint density at radius 2 is 1.82 bits per heavy atom. The number of likely N-dealkylation sites (tertiary alicyclic amines) is 1. The molecular weight excluding hydrogens is 212 g/mol. The highest BCUT2D eigenvalue weighted by atomic mass is 16.3. The number of aliphatic hydroxyl groups is 1. The fraction of sp³-hybridized carbons (Fsp3) is 1.00. The topological polar surface area (TPSA) is 35.5 Å². The third kappa shape index (κ3) is 4.94. The van der Waals surface area contributed by atoms with Crippen LogP contribution in [-0.2, 0) is 0 Å². The molecule has 2 N–H and O–H groups in total. The van der Waals surface area contributed by atoms with E-state index in [2.05, 4.69) is 31.0 Å². The van der Waals surface area contributed by atoms with Crippen LogP contribution in [-0.4, -0.2) is 47.8 Å². The molecule has 0 spiro atoms. The first-order valence-electron chi connectivity index (χ1n) is 7.21. The Morgan fingerprint density at radius 1 is 1.24 bits per heavy atom. The van der Waals surface area contributed by atoms with Crippen molar-refractivity contribution in [2.75, 3.05) is 26.2 Å². The second-order valence-corrected chi connectivity index (χ2v) is 5.75. The summed E-state index contributed by atoms with van der Waals surface area (Å²) in [6.45, 7) is 10.1. The lowest BCUT2D eigenvalue weighted by molar-refractivity contribution is 0.117. The van der Waals surface area contributed by atoms with Crippen LogP contribution in [0, 0.1) is 0 Å². The van der Waals surface area contributed by atoms with Crippen LogP contribution in [0.5, 0.6) is 0 Å². The first-order chi connectivity index (χ1) is 8.11. The van der Waals surface area contributed by atoms with Gasteiger partial charge in [0.15, 0.2) is 0 Å². The second-order valence-electron chi connectivity index (χ2n) is 5.75. The molecule has 0 saturated carbocycles. The van der Waals surface area contributed by atoms with Gasteiger partial charge in [-0.2, -0.15) is 0 Å². The lowest BCUT2D eigenvalue weighted by atomic mass is 9.93. The number of nitrogens with zero attached hydrogens (tertiary/aromatic N) is 1. The van der Waals surface area contributed by atoms with Crippen molar-refractivity contribution in [3.8, 4) is 0 Å². The molecule has 1 saturated heterocycles. The summed E-state index contributed by atoms with van der Waals surface area (Å²) in [5, 5.41) is 13.0. The van der Waals surface area contributed by atoms with Gasteiger partial charge in [-0.1, -0.05) is 19.8 Å². The van der Waals surface area contributed by atoms with Crippen molar-refractivity contribution in [3.63, 3.8) is 0 Å². The summed E-state index contributed by atoms with van der Waals surface area (Å²) in [5.74, 6) is 0. The molecule has 0 aliphatic carbocycles. The fourth-order valence-electron chi connectivity index (χ4n) is 2.94. The maximum absolute atomic E-state index is 9.54. The maximum Gasteiger partial charge on any atom is 0.0611 e. The largest absolute Gasteiger partial charge is 0.394 e. The van der Waals surface area contributed by atoms with Crippen LogP contribution in [0.25, 0.3) is 0 Å². The highest BCUT2D eigenvalue weighted by Crippen LogP contribution is 2.19. The van der Waals surface area contributed by atoms with E-state index in [1.807, 2.05) is 0 Å². The molecule has 1 fully saturated rings. The number of rotatable bonds is 6. The molecule has 0 aromatic heterocycles. The van der Waals surface area contributed by atoms with E-state index < -0.39 is 0 Å². The van der Waals surface area contributed by atoms with Crippen LogP contribution in [0.4, 0.5) is 0 Å². The number of aliphatic hydroxyl groups excluding tert-OH is 1. The van der Waals surface area contributed by atoms with Gasteiger partial charge in [0.25, 0.3) is 0 Å². The van der Waals surface area contributed by atoms with Gasteiger partial charge < -0.3 is 15.3 Å². The summed E-state index contributed by atoms with van der Waals surface area (Å²) in [6.07, 6.45) is 6.46. The smallest absolute Gasteiger partial charge is 0.0611 e. The van der Waals surface area contributed by atoms with Gasteiger partial charge in [0.05, 0.1) is 6.61 Å². The maximum atomic E-state index is 9.54. The van der Waals surface area contributed by atoms with E-state index in [9.17, 15) is 5.11 Å². The number of hydrogen-bond acceptors (Lipinski definition) is 3. The molecule has 0 aromatic carbocycles. The lowest BCUT2D eigenvalue weighted by Crippen LogP contribution is -2.50. The van der Waals surface area contributed by atoms with Crippen molar-refractivity contribution in [2.24, 2.45) is 0 Å². The SMILES string of the molecule is CCNC(C)(CO)CC(C)N1CCCCCC1. The second kappa shape index (κ2) is 7.34. The molecule has 1 aliphatic heterocycles. The molecule has 2 unspecified atom stereocenters. The van der Waals surface area contributed by atoms with E-state index in [1.165, 1.54) is 38.8 Å². The highest BCUT2D eigenvalue weighted by Gasteiger charge is 2.27. The molecule has 102 valence electrons. The summed E-state index contributed by atoms with van der Waals surface area (Å²) < 4.78 is 0. The standard InChI is InChI=1S/C14H30N2O/c1-4-15-14(3,12-17)11-13(2)16-9-7-5-6-8-10-16/h13,15,17H,4-12H2,1-3H3. The first kappa shape index (κ1) is 14.9. The normalized spacial score (nSPS) is 24.0.